The first kappa shape index (κ1) is 15.8. The minimum atomic E-state index is -0.109. The van der Waals surface area contributed by atoms with Crippen LogP contribution >= 0.6 is 27.7 Å². The fourth-order valence-corrected chi connectivity index (χ4v) is 3.44. The summed E-state index contributed by atoms with van der Waals surface area (Å²) in [5, 5.41) is 9.90. The molecule has 0 unspecified atom stereocenters. The van der Waals surface area contributed by atoms with Crippen LogP contribution in [0.2, 0.25) is 0 Å². The predicted octanol–water partition coefficient (Wildman–Crippen LogP) is 4.15. The van der Waals surface area contributed by atoms with Gasteiger partial charge in [-0.1, -0.05) is 45.9 Å². The van der Waals surface area contributed by atoms with Crippen LogP contribution < -0.4 is 5.56 Å². The standard InChI is InChI=1S/C17H12BrN3OS/c18-12-7-8-15-14(11-12)16(22)21(13-5-2-1-3-6-13)17(20-15)23-10-4-9-19/h1-3,5-8,11H,4,10H2. The van der Waals surface area contributed by atoms with Crippen molar-refractivity contribution in [2.75, 3.05) is 5.75 Å². The van der Waals surface area contributed by atoms with Crippen molar-refractivity contribution in [1.29, 1.82) is 5.26 Å². The lowest BCUT2D eigenvalue weighted by Gasteiger charge is -2.12. The third-order valence-corrected chi connectivity index (χ3v) is 4.69. The summed E-state index contributed by atoms with van der Waals surface area (Å²) in [6.07, 6.45) is 0.410. The van der Waals surface area contributed by atoms with Gasteiger partial charge in [0, 0.05) is 16.6 Å². The molecule has 114 valence electrons. The Bertz CT molecular complexity index is 948. The molecule has 0 aliphatic rings. The zero-order valence-corrected chi connectivity index (χ0v) is 14.5. The van der Waals surface area contributed by atoms with Gasteiger partial charge in [0.1, 0.15) is 0 Å². The van der Waals surface area contributed by atoms with Gasteiger partial charge >= 0.3 is 0 Å². The third-order valence-electron chi connectivity index (χ3n) is 3.26. The van der Waals surface area contributed by atoms with E-state index in [0.29, 0.717) is 28.2 Å². The Morgan fingerprint density at radius 1 is 1.22 bits per heavy atom. The number of hydrogen-bond acceptors (Lipinski definition) is 4. The minimum absolute atomic E-state index is 0.109. The van der Waals surface area contributed by atoms with E-state index < -0.39 is 0 Å². The molecule has 0 amide bonds. The van der Waals surface area contributed by atoms with Crippen LogP contribution in [0, 0.1) is 11.3 Å². The molecule has 3 rings (SSSR count). The summed E-state index contributed by atoms with van der Waals surface area (Å²) in [6.45, 7) is 0. The molecule has 4 nitrogen and oxygen atoms in total. The molecule has 0 spiro atoms. The first-order valence-corrected chi connectivity index (χ1v) is 8.76. The van der Waals surface area contributed by atoms with Gasteiger partial charge in [-0.05, 0) is 30.3 Å². The Morgan fingerprint density at radius 3 is 2.74 bits per heavy atom. The number of nitriles is 1. The van der Waals surface area contributed by atoms with Crippen molar-refractivity contribution in [3.63, 3.8) is 0 Å². The molecule has 0 fully saturated rings. The van der Waals surface area contributed by atoms with Gasteiger partial charge in [-0.2, -0.15) is 5.26 Å². The molecule has 6 heteroatoms. The molecular weight excluding hydrogens is 374 g/mol. The van der Waals surface area contributed by atoms with Gasteiger partial charge in [0.2, 0.25) is 0 Å². The first-order chi connectivity index (χ1) is 11.2. The van der Waals surface area contributed by atoms with Crippen LogP contribution in [0.15, 0.2) is 63.0 Å². The molecule has 0 aliphatic heterocycles. The first-order valence-electron chi connectivity index (χ1n) is 6.98. The molecular formula is C17H12BrN3OS. The van der Waals surface area contributed by atoms with Gasteiger partial charge < -0.3 is 0 Å². The largest absolute Gasteiger partial charge is 0.268 e. The van der Waals surface area contributed by atoms with E-state index in [4.69, 9.17) is 5.26 Å². The average Bonchev–Trinajstić information content (AvgIpc) is 2.57. The third kappa shape index (κ3) is 3.31. The fourth-order valence-electron chi connectivity index (χ4n) is 2.23. The second kappa shape index (κ2) is 6.99. The van der Waals surface area contributed by atoms with Crippen molar-refractivity contribution in [3.8, 4) is 11.8 Å². The van der Waals surface area contributed by atoms with Gasteiger partial charge in [-0.25, -0.2) is 4.98 Å². The summed E-state index contributed by atoms with van der Waals surface area (Å²) in [4.78, 5) is 17.6. The van der Waals surface area contributed by atoms with Crippen molar-refractivity contribution in [1.82, 2.24) is 9.55 Å². The molecule has 2 aromatic carbocycles. The molecule has 0 radical (unpaired) electrons. The number of nitrogens with zero attached hydrogens (tertiary/aromatic N) is 3. The second-order valence-electron chi connectivity index (χ2n) is 4.79. The summed E-state index contributed by atoms with van der Waals surface area (Å²) >= 11 is 4.82. The van der Waals surface area contributed by atoms with Crippen LogP contribution in [0.4, 0.5) is 0 Å². The molecule has 0 saturated carbocycles. The van der Waals surface area contributed by atoms with Crippen LogP contribution in [-0.4, -0.2) is 15.3 Å². The quantitative estimate of drug-likeness (QED) is 0.384. The van der Waals surface area contributed by atoms with Gasteiger partial charge in [-0.15, -0.1) is 0 Å². The zero-order valence-electron chi connectivity index (χ0n) is 12.1. The van der Waals surface area contributed by atoms with Crippen LogP contribution in [0.25, 0.3) is 16.6 Å². The highest BCUT2D eigenvalue weighted by Crippen LogP contribution is 2.23. The predicted molar refractivity (Wildman–Crippen MR) is 96.0 cm³/mol. The summed E-state index contributed by atoms with van der Waals surface area (Å²) in [7, 11) is 0. The van der Waals surface area contributed by atoms with E-state index in [1.807, 2.05) is 42.5 Å². The van der Waals surface area contributed by atoms with Crippen LogP contribution in [-0.2, 0) is 0 Å². The summed E-state index contributed by atoms with van der Waals surface area (Å²) in [5.41, 5.74) is 1.32. The molecule has 0 N–H and O–H groups in total. The van der Waals surface area contributed by atoms with E-state index in [-0.39, 0.29) is 5.56 Å². The van der Waals surface area contributed by atoms with E-state index in [0.717, 1.165) is 10.2 Å². The van der Waals surface area contributed by atoms with E-state index in [1.165, 1.54) is 11.8 Å². The van der Waals surface area contributed by atoms with Gasteiger partial charge in [0.05, 0.1) is 22.7 Å². The van der Waals surface area contributed by atoms with Crippen molar-refractivity contribution < 1.29 is 0 Å². The number of thioether (sulfide) groups is 1. The lowest BCUT2D eigenvalue weighted by molar-refractivity contribution is 0.819. The molecule has 0 aliphatic carbocycles. The van der Waals surface area contributed by atoms with Gasteiger partial charge in [0.25, 0.3) is 5.56 Å². The molecule has 3 aromatic rings. The molecule has 1 heterocycles. The van der Waals surface area contributed by atoms with E-state index in [2.05, 4.69) is 27.0 Å². The number of aromatic nitrogens is 2. The molecule has 0 saturated heterocycles. The summed E-state index contributed by atoms with van der Waals surface area (Å²) in [5.74, 6) is 0.595. The smallest absolute Gasteiger partial charge is 0.266 e. The van der Waals surface area contributed by atoms with Gasteiger partial charge in [0.15, 0.2) is 5.16 Å². The minimum Gasteiger partial charge on any atom is -0.268 e. The van der Waals surface area contributed by atoms with Crippen LogP contribution in [0.5, 0.6) is 0 Å². The van der Waals surface area contributed by atoms with Crippen molar-refractivity contribution in [2.24, 2.45) is 0 Å². The highest BCUT2D eigenvalue weighted by atomic mass is 79.9. The van der Waals surface area contributed by atoms with E-state index >= 15 is 0 Å². The molecule has 1 aromatic heterocycles. The second-order valence-corrected chi connectivity index (χ2v) is 6.77. The maximum absolute atomic E-state index is 13.0. The maximum atomic E-state index is 13.0. The molecule has 0 atom stereocenters. The number of halogens is 1. The molecule has 0 bridgehead atoms. The Hall–Kier alpha value is -2.10. The number of para-hydroxylation sites is 1. The number of hydrogen-bond donors (Lipinski definition) is 0. The normalized spacial score (nSPS) is 10.6. The lowest BCUT2D eigenvalue weighted by Crippen LogP contribution is -2.21. The Morgan fingerprint density at radius 2 is 2.00 bits per heavy atom. The Kier molecular flexibility index (Phi) is 4.79. The topological polar surface area (TPSA) is 58.7 Å². The average molecular weight is 386 g/mol. The highest BCUT2D eigenvalue weighted by Gasteiger charge is 2.13. The van der Waals surface area contributed by atoms with Gasteiger partial charge in [-0.3, -0.25) is 9.36 Å². The van der Waals surface area contributed by atoms with Crippen LogP contribution in [0.3, 0.4) is 0 Å². The monoisotopic (exact) mass is 385 g/mol. The maximum Gasteiger partial charge on any atom is 0.266 e. The van der Waals surface area contributed by atoms with Crippen molar-refractivity contribution in [2.45, 2.75) is 11.6 Å². The lowest BCUT2D eigenvalue weighted by atomic mass is 10.2. The number of fused-ring (bicyclic) bond motifs is 1. The zero-order chi connectivity index (χ0) is 16.2. The van der Waals surface area contributed by atoms with Crippen LogP contribution in [0.1, 0.15) is 6.42 Å². The Balaban J connectivity index is 2.25. The van der Waals surface area contributed by atoms with E-state index in [1.54, 1.807) is 10.6 Å². The van der Waals surface area contributed by atoms with E-state index in [9.17, 15) is 4.79 Å². The summed E-state index contributed by atoms with van der Waals surface area (Å²) in [6, 6.07) is 17.0. The Labute approximate surface area is 145 Å². The SMILES string of the molecule is N#CCCSc1nc2ccc(Br)cc2c(=O)n1-c1ccccc1. The van der Waals surface area contributed by atoms with Crippen molar-refractivity contribution >= 4 is 38.6 Å². The molecule has 23 heavy (non-hydrogen) atoms. The van der Waals surface area contributed by atoms with Crippen molar-refractivity contribution in [3.05, 3.63) is 63.4 Å². The number of rotatable bonds is 4. The number of benzene rings is 2. The summed E-state index contributed by atoms with van der Waals surface area (Å²) < 4.78 is 2.45. The highest BCUT2D eigenvalue weighted by molar-refractivity contribution is 9.10. The fraction of sp³-hybridized carbons (Fsp3) is 0.118.